The van der Waals surface area contributed by atoms with E-state index in [0.29, 0.717) is 10.7 Å². The summed E-state index contributed by atoms with van der Waals surface area (Å²) in [6, 6.07) is 2.92. The molecule has 0 bridgehead atoms. The highest BCUT2D eigenvalue weighted by atomic mass is 35.5. The summed E-state index contributed by atoms with van der Waals surface area (Å²) in [5, 5.41) is 23.0. The summed E-state index contributed by atoms with van der Waals surface area (Å²) in [4.78, 5) is 22.5. The highest BCUT2D eigenvalue weighted by Gasteiger charge is 2.25. The van der Waals surface area contributed by atoms with Gasteiger partial charge in [0.15, 0.2) is 6.04 Å². The molecule has 7 heteroatoms. The van der Waals surface area contributed by atoms with Crippen molar-refractivity contribution in [2.45, 2.75) is 26.0 Å². The van der Waals surface area contributed by atoms with Crippen LogP contribution in [0.15, 0.2) is 18.2 Å². The summed E-state index contributed by atoms with van der Waals surface area (Å²) < 4.78 is 0. The van der Waals surface area contributed by atoms with Gasteiger partial charge in [0.2, 0.25) is 0 Å². The van der Waals surface area contributed by atoms with Crippen LogP contribution < -0.4 is 10.6 Å². The number of aliphatic carboxylic acids is 1. The molecule has 0 aliphatic carbocycles. The van der Waals surface area contributed by atoms with Gasteiger partial charge in [0.1, 0.15) is 0 Å². The van der Waals surface area contributed by atoms with E-state index in [2.05, 4.69) is 10.6 Å². The van der Waals surface area contributed by atoms with E-state index >= 15 is 0 Å². The van der Waals surface area contributed by atoms with Crippen LogP contribution in [0.2, 0.25) is 5.02 Å². The van der Waals surface area contributed by atoms with Gasteiger partial charge < -0.3 is 20.8 Å². The molecule has 1 rings (SSSR count). The molecule has 6 nitrogen and oxygen atoms in total. The second-order valence-corrected chi connectivity index (χ2v) is 4.55. The molecule has 0 saturated carbocycles. The summed E-state index contributed by atoms with van der Waals surface area (Å²) in [6.45, 7) is 3.11. The maximum atomic E-state index is 11.6. The molecule has 0 heterocycles. The molecule has 1 aromatic carbocycles. The van der Waals surface area contributed by atoms with E-state index in [1.807, 2.05) is 6.92 Å². The molecular weight excluding hydrogens is 272 g/mol. The van der Waals surface area contributed by atoms with Gasteiger partial charge in [-0.25, -0.2) is 9.59 Å². The summed E-state index contributed by atoms with van der Waals surface area (Å²) in [7, 11) is 0. The lowest BCUT2D eigenvalue weighted by molar-refractivity contribution is -0.141. The van der Waals surface area contributed by atoms with E-state index in [4.69, 9.17) is 16.7 Å². The summed E-state index contributed by atoms with van der Waals surface area (Å²) in [6.07, 6.45) is -1.21. The first kappa shape index (κ1) is 15.3. The summed E-state index contributed by atoms with van der Waals surface area (Å²) in [5.74, 6) is -1.32. The fraction of sp³-hybridized carbons (Fsp3) is 0.333. The predicted molar refractivity (Wildman–Crippen MR) is 71.4 cm³/mol. The molecule has 2 amide bonds. The van der Waals surface area contributed by atoms with Crippen molar-refractivity contribution in [1.82, 2.24) is 5.32 Å². The minimum Gasteiger partial charge on any atom is -0.480 e. The number of carboxylic acids is 1. The van der Waals surface area contributed by atoms with Gasteiger partial charge in [0.25, 0.3) is 0 Å². The molecule has 0 saturated heterocycles. The van der Waals surface area contributed by atoms with E-state index in [-0.39, 0.29) is 0 Å². The van der Waals surface area contributed by atoms with Crippen LogP contribution in [0, 0.1) is 6.92 Å². The van der Waals surface area contributed by atoms with Crippen molar-refractivity contribution in [3.63, 3.8) is 0 Å². The molecule has 0 aromatic heterocycles. The van der Waals surface area contributed by atoms with Crippen LogP contribution in [0.4, 0.5) is 10.5 Å². The number of aliphatic hydroxyl groups excluding tert-OH is 1. The number of urea groups is 1. The second kappa shape index (κ2) is 6.40. The van der Waals surface area contributed by atoms with Crippen LogP contribution in [-0.4, -0.2) is 34.4 Å². The number of rotatable bonds is 4. The highest BCUT2D eigenvalue weighted by Crippen LogP contribution is 2.22. The Bertz CT molecular complexity index is 491. The van der Waals surface area contributed by atoms with Crippen molar-refractivity contribution < 1.29 is 19.8 Å². The molecule has 0 aliphatic heterocycles. The average molecular weight is 287 g/mol. The van der Waals surface area contributed by atoms with Crippen molar-refractivity contribution in [2.75, 3.05) is 5.32 Å². The number of aryl methyl sites for hydroxylation is 1. The quantitative estimate of drug-likeness (QED) is 0.676. The number of hydrogen-bond donors (Lipinski definition) is 4. The number of benzene rings is 1. The van der Waals surface area contributed by atoms with Gasteiger partial charge in [0, 0.05) is 0 Å². The minimum absolute atomic E-state index is 0.338. The minimum atomic E-state index is -1.39. The SMILES string of the molecule is Cc1ccc(Cl)c(NC(=O)NC(C(=O)O)C(C)O)c1. The Kier molecular flexibility index (Phi) is 5.14. The Hall–Kier alpha value is -1.79. The third-order valence-electron chi connectivity index (χ3n) is 2.41. The fourth-order valence-corrected chi connectivity index (χ4v) is 1.59. The van der Waals surface area contributed by atoms with Crippen LogP contribution in [0.3, 0.4) is 0 Å². The molecule has 4 N–H and O–H groups in total. The van der Waals surface area contributed by atoms with Gasteiger partial charge in [0.05, 0.1) is 16.8 Å². The normalized spacial score (nSPS) is 13.5. The van der Waals surface area contributed by atoms with Gasteiger partial charge in [-0.1, -0.05) is 17.7 Å². The van der Waals surface area contributed by atoms with Crippen molar-refractivity contribution >= 4 is 29.3 Å². The highest BCUT2D eigenvalue weighted by molar-refractivity contribution is 6.33. The van der Waals surface area contributed by atoms with Crippen LogP contribution in [-0.2, 0) is 4.79 Å². The Morgan fingerprint density at radius 3 is 2.53 bits per heavy atom. The number of aliphatic hydroxyl groups is 1. The lowest BCUT2D eigenvalue weighted by Gasteiger charge is -2.17. The molecule has 0 spiro atoms. The van der Waals surface area contributed by atoms with Crippen molar-refractivity contribution in [3.05, 3.63) is 28.8 Å². The third-order valence-corrected chi connectivity index (χ3v) is 2.73. The van der Waals surface area contributed by atoms with Crippen LogP contribution in [0.1, 0.15) is 12.5 Å². The largest absolute Gasteiger partial charge is 0.480 e. The molecule has 0 fully saturated rings. The monoisotopic (exact) mass is 286 g/mol. The van der Waals surface area contributed by atoms with E-state index in [0.717, 1.165) is 5.56 Å². The topological polar surface area (TPSA) is 98.7 Å². The fourth-order valence-electron chi connectivity index (χ4n) is 1.42. The van der Waals surface area contributed by atoms with Crippen LogP contribution in [0.25, 0.3) is 0 Å². The first-order valence-electron chi connectivity index (χ1n) is 5.56. The number of carbonyl (C=O) groups is 2. The third kappa shape index (κ3) is 4.42. The summed E-state index contributed by atoms with van der Waals surface area (Å²) in [5.41, 5.74) is 1.26. The zero-order valence-corrected chi connectivity index (χ0v) is 11.2. The molecule has 0 radical (unpaired) electrons. The van der Waals surface area contributed by atoms with E-state index in [9.17, 15) is 14.7 Å². The van der Waals surface area contributed by atoms with Crippen LogP contribution >= 0.6 is 11.6 Å². The van der Waals surface area contributed by atoms with Gasteiger partial charge in [-0.05, 0) is 31.5 Å². The van der Waals surface area contributed by atoms with Gasteiger partial charge in [-0.2, -0.15) is 0 Å². The maximum absolute atomic E-state index is 11.6. The molecule has 2 atom stereocenters. The van der Waals surface area contributed by atoms with E-state index in [1.54, 1.807) is 18.2 Å². The second-order valence-electron chi connectivity index (χ2n) is 4.14. The van der Waals surface area contributed by atoms with E-state index in [1.165, 1.54) is 6.92 Å². The standard InChI is InChI=1S/C12H15ClN2O4/c1-6-3-4-8(13)9(5-6)14-12(19)15-10(7(2)16)11(17)18/h3-5,7,10,16H,1-2H3,(H,17,18)(H2,14,15,19). The van der Waals surface area contributed by atoms with Gasteiger partial charge >= 0.3 is 12.0 Å². The number of anilines is 1. The zero-order valence-electron chi connectivity index (χ0n) is 10.5. The Labute approximate surface area is 115 Å². The predicted octanol–water partition coefficient (Wildman–Crippen LogP) is 1.60. The number of halogens is 1. The molecular formula is C12H15ClN2O4. The number of amides is 2. The molecule has 1 aromatic rings. The molecule has 104 valence electrons. The smallest absolute Gasteiger partial charge is 0.328 e. The Morgan fingerprint density at radius 1 is 1.37 bits per heavy atom. The average Bonchev–Trinajstić information content (AvgIpc) is 2.30. The number of hydrogen-bond acceptors (Lipinski definition) is 3. The number of carbonyl (C=O) groups excluding carboxylic acids is 1. The number of carboxylic acid groups (broad SMARTS) is 1. The van der Waals surface area contributed by atoms with Gasteiger partial charge in [-0.15, -0.1) is 0 Å². The molecule has 0 aliphatic rings. The number of nitrogens with one attached hydrogen (secondary N) is 2. The van der Waals surface area contributed by atoms with Crippen LogP contribution in [0.5, 0.6) is 0 Å². The molecule has 2 unspecified atom stereocenters. The van der Waals surface area contributed by atoms with E-state index < -0.39 is 24.1 Å². The lowest BCUT2D eigenvalue weighted by atomic mass is 10.2. The first-order valence-corrected chi connectivity index (χ1v) is 5.93. The molecule has 19 heavy (non-hydrogen) atoms. The van der Waals surface area contributed by atoms with Crippen molar-refractivity contribution in [3.8, 4) is 0 Å². The first-order chi connectivity index (χ1) is 8.81. The van der Waals surface area contributed by atoms with Crippen molar-refractivity contribution in [2.24, 2.45) is 0 Å². The Balaban J connectivity index is 2.74. The van der Waals surface area contributed by atoms with Crippen molar-refractivity contribution in [1.29, 1.82) is 0 Å². The maximum Gasteiger partial charge on any atom is 0.328 e. The zero-order chi connectivity index (χ0) is 14.6. The lowest BCUT2D eigenvalue weighted by Crippen LogP contribution is -2.49. The Morgan fingerprint density at radius 2 is 2.00 bits per heavy atom. The summed E-state index contributed by atoms with van der Waals surface area (Å²) >= 11 is 5.89. The van der Waals surface area contributed by atoms with Gasteiger partial charge in [-0.3, -0.25) is 0 Å².